The zero-order chi connectivity index (χ0) is 20.8. The molecule has 1 aromatic rings. The number of halogens is 2. The summed E-state index contributed by atoms with van der Waals surface area (Å²) in [5.74, 6) is 2.14. The molecule has 1 nitrogen and oxygen atoms in total. The summed E-state index contributed by atoms with van der Waals surface area (Å²) in [4.78, 5) is 0. The van der Waals surface area contributed by atoms with Gasteiger partial charge in [0.2, 0.25) is 0 Å². The van der Waals surface area contributed by atoms with E-state index in [0.717, 1.165) is 54.9 Å². The minimum absolute atomic E-state index is 0.226. The van der Waals surface area contributed by atoms with Crippen molar-refractivity contribution in [1.29, 1.82) is 5.26 Å². The first kappa shape index (κ1) is 22.3. The summed E-state index contributed by atoms with van der Waals surface area (Å²) < 4.78 is 28.0. The fourth-order valence-corrected chi connectivity index (χ4v) is 5.98. The topological polar surface area (TPSA) is 23.8 Å². The lowest BCUT2D eigenvalue weighted by molar-refractivity contribution is 0.131. The monoisotopic (exact) mass is 401 g/mol. The molecular weight excluding hydrogens is 364 g/mol. The number of nitriles is 1. The van der Waals surface area contributed by atoms with Gasteiger partial charge in [0, 0.05) is 0 Å². The summed E-state index contributed by atoms with van der Waals surface area (Å²) in [6.45, 7) is 4.73. The van der Waals surface area contributed by atoms with Gasteiger partial charge in [-0.2, -0.15) is 5.26 Å². The van der Waals surface area contributed by atoms with E-state index in [0.29, 0.717) is 0 Å². The first-order valence-corrected chi connectivity index (χ1v) is 11.9. The van der Waals surface area contributed by atoms with Crippen molar-refractivity contribution in [2.75, 3.05) is 0 Å². The summed E-state index contributed by atoms with van der Waals surface area (Å²) in [5.41, 5.74) is 0.277. The number of benzene rings is 1. The predicted octanol–water partition coefficient (Wildman–Crippen LogP) is 8.13. The average Bonchev–Trinajstić information content (AvgIpc) is 2.74. The van der Waals surface area contributed by atoms with Crippen LogP contribution in [0.2, 0.25) is 0 Å². The van der Waals surface area contributed by atoms with Gasteiger partial charge in [-0.05, 0) is 85.8 Å². The van der Waals surface area contributed by atoms with Crippen LogP contribution >= 0.6 is 0 Å². The summed E-state index contributed by atoms with van der Waals surface area (Å²) >= 11 is 0. The van der Waals surface area contributed by atoms with Crippen molar-refractivity contribution in [2.45, 2.75) is 96.8 Å². The van der Waals surface area contributed by atoms with Gasteiger partial charge in [-0.25, -0.2) is 8.78 Å². The Hall–Kier alpha value is -1.43. The Balaban J connectivity index is 1.48. The van der Waals surface area contributed by atoms with Crippen LogP contribution in [0.5, 0.6) is 0 Å². The Bertz CT molecular complexity index is 668. The van der Waals surface area contributed by atoms with Gasteiger partial charge in [0.1, 0.15) is 23.3 Å². The maximum Gasteiger partial charge on any atom is 0.144 e. The molecule has 0 aliphatic heterocycles. The normalized spacial score (nSPS) is 28.7. The van der Waals surface area contributed by atoms with Crippen LogP contribution in [0, 0.1) is 46.6 Å². The van der Waals surface area contributed by atoms with Crippen molar-refractivity contribution in [2.24, 2.45) is 23.7 Å². The molecule has 0 spiro atoms. The molecule has 0 radical (unpaired) electrons. The molecule has 160 valence electrons. The highest BCUT2D eigenvalue weighted by atomic mass is 19.1. The Morgan fingerprint density at radius 3 is 2.00 bits per heavy atom. The highest BCUT2D eigenvalue weighted by Gasteiger charge is 2.33. The molecule has 1 unspecified atom stereocenters. The lowest BCUT2D eigenvalue weighted by atomic mass is 9.66. The molecule has 3 heteroatoms. The van der Waals surface area contributed by atoms with Crippen LogP contribution in [0.25, 0.3) is 0 Å². The molecule has 1 atom stereocenters. The molecule has 2 fully saturated rings. The Labute approximate surface area is 175 Å². The molecular formula is C26H37F2N. The number of unbranched alkanes of at least 4 members (excludes halogenated alkanes) is 2. The first-order valence-electron chi connectivity index (χ1n) is 11.9. The van der Waals surface area contributed by atoms with Crippen molar-refractivity contribution in [3.63, 3.8) is 0 Å². The van der Waals surface area contributed by atoms with E-state index in [2.05, 4.69) is 13.8 Å². The van der Waals surface area contributed by atoms with Crippen molar-refractivity contribution in [3.8, 4) is 6.07 Å². The Morgan fingerprint density at radius 2 is 1.48 bits per heavy atom. The lowest BCUT2D eigenvalue weighted by Gasteiger charge is -2.39. The van der Waals surface area contributed by atoms with E-state index in [4.69, 9.17) is 5.26 Å². The fraction of sp³-hybridized carbons (Fsp3) is 0.731. The zero-order valence-electron chi connectivity index (χ0n) is 18.2. The molecule has 2 aliphatic carbocycles. The third kappa shape index (κ3) is 5.59. The van der Waals surface area contributed by atoms with Crippen LogP contribution in [0.3, 0.4) is 0 Å². The maximum atomic E-state index is 14.0. The highest BCUT2D eigenvalue weighted by Crippen LogP contribution is 2.45. The van der Waals surface area contributed by atoms with Crippen LogP contribution in [0.1, 0.15) is 108 Å². The second-order valence-electron chi connectivity index (χ2n) is 9.72. The third-order valence-electron chi connectivity index (χ3n) is 8.01. The van der Waals surface area contributed by atoms with Crippen molar-refractivity contribution in [3.05, 3.63) is 34.9 Å². The molecule has 0 bridgehead atoms. The van der Waals surface area contributed by atoms with Gasteiger partial charge in [-0.15, -0.1) is 0 Å². The van der Waals surface area contributed by atoms with Gasteiger partial charge in [0.05, 0.1) is 0 Å². The van der Waals surface area contributed by atoms with Crippen LogP contribution < -0.4 is 0 Å². The molecule has 0 saturated heterocycles. The molecule has 0 amide bonds. The number of hydrogen-bond acceptors (Lipinski definition) is 1. The minimum Gasteiger partial charge on any atom is -0.205 e. The molecule has 0 N–H and O–H groups in total. The quantitative estimate of drug-likeness (QED) is 0.423. The molecule has 2 aliphatic rings. The van der Waals surface area contributed by atoms with Gasteiger partial charge in [0.25, 0.3) is 0 Å². The van der Waals surface area contributed by atoms with Crippen molar-refractivity contribution < 1.29 is 8.78 Å². The molecule has 0 heterocycles. The van der Waals surface area contributed by atoms with E-state index >= 15 is 0 Å². The SMILES string of the molecule is CCCCCC1CCC(C(C)C2CCC(c3cc(F)c(C#N)c(F)c3)CC2)CC1. The second kappa shape index (κ2) is 10.6. The lowest BCUT2D eigenvalue weighted by Crippen LogP contribution is -2.28. The second-order valence-corrected chi connectivity index (χ2v) is 9.72. The summed E-state index contributed by atoms with van der Waals surface area (Å²) in [6, 6.07) is 4.39. The maximum absolute atomic E-state index is 14.0. The van der Waals surface area contributed by atoms with E-state index in [1.807, 2.05) is 0 Å². The van der Waals surface area contributed by atoms with E-state index in [-0.39, 0.29) is 5.92 Å². The van der Waals surface area contributed by atoms with Crippen LogP contribution in [0.15, 0.2) is 12.1 Å². The van der Waals surface area contributed by atoms with E-state index in [1.54, 1.807) is 6.07 Å². The molecule has 3 rings (SSSR count). The Morgan fingerprint density at radius 1 is 0.931 bits per heavy atom. The van der Waals surface area contributed by atoms with Crippen molar-refractivity contribution >= 4 is 0 Å². The van der Waals surface area contributed by atoms with Gasteiger partial charge < -0.3 is 0 Å². The first-order chi connectivity index (χ1) is 14.0. The van der Waals surface area contributed by atoms with Crippen LogP contribution in [-0.2, 0) is 0 Å². The minimum atomic E-state index is -0.714. The van der Waals surface area contributed by atoms with Crippen LogP contribution in [0.4, 0.5) is 8.78 Å². The van der Waals surface area contributed by atoms with Gasteiger partial charge in [-0.1, -0.05) is 52.4 Å². The third-order valence-corrected chi connectivity index (χ3v) is 8.01. The zero-order valence-corrected chi connectivity index (χ0v) is 18.2. The molecule has 1 aromatic carbocycles. The van der Waals surface area contributed by atoms with E-state index < -0.39 is 17.2 Å². The van der Waals surface area contributed by atoms with Crippen molar-refractivity contribution in [1.82, 2.24) is 0 Å². The van der Waals surface area contributed by atoms with Crippen LogP contribution in [-0.4, -0.2) is 0 Å². The number of hydrogen-bond donors (Lipinski definition) is 0. The fourth-order valence-electron chi connectivity index (χ4n) is 5.98. The van der Waals surface area contributed by atoms with Gasteiger partial charge in [0.15, 0.2) is 0 Å². The highest BCUT2D eigenvalue weighted by molar-refractivity contribution is 5.36. The molecule has 0 aromatic heterocycles. The van der Waals surface area contributed by atoms with Gasteiger partial charge in [-0.3, -0.25) is 0 Å². The van der Waals surface area contributed by atoms with E-state index in [9.17, 15) is 8.78 Å². The molecule has 2 saturated carbocycles. The van der Waals surface area contributed by atoms with E-state index in [1.165, 1.54) is 63.5 Å². The summed E-state index contributed by atoms with van der Waals surface area (Å²) in [7, 11) is 0. The summed E-state index contributed by atoms with van der Waals surface area (Å²) in [6.07, 6.45) is 15.5. The number of nitrogens with zero attached hydrogens (tertiary/aromatic N) is 1. The predicted molar refractivity (Wildman–Crippen MR) is 115 cm³/mol. The largest absolute Gasteiger partial charge is 0.205 e. The molecule has 29 heavy (non-hydrogen) atoms. The van der Waals surface area contributed by atoms with Gasteiger partial charge >= 0.3 is 0 Å². The summed E-state index contributed by atoms with van der Waals surface area (Å²) in [5, 5.41) is 8.86. The number of rotatable bonds is 7. The smallest absolute Gasteiger partial charge is 0.144 e. The standard InChI is InChI=1S/C26H37F2N/c1-3-4-5-6-19-7-9-20(10-8-19)18(2)21-11-13-22(14-12-21)23-15-25(27)24(17-29)26(28)16-23/h15-16,18-22H,3-14H2,1-2H3. The Kier molecular flexibility index (Phi) is 8.10. The average molecular weight is 402 g/mol.